The van der Waals surface area contributed by atoms with Crippen LogP contribution in [0.2, 0.25) is 0 Å². The fourth-order valence-electron chi connectivity index (χ4n) is 2.13. The largest absolute Gasteiger partial charge is 0.384 e. The lowest BCUT2D eigenvalue weighted by molar-refractivity contribution is 0.882. The van der Waals surface area contributed by atoms with E-state index in [4.69, 9.17) is 11.5 Å². The second-order valence-electron chi connectivity index (χ2n) is 5.30. The second-order valence-corrected chi connectivity index (χ2v) is 5.30. The molecule has 2 aromatic rings. The van der Waals surface area contributed by atoms with E-state index in [2.05, 4.69) is 23.0 Å². The Morgan fingerprint density at radius 1 is 0.955 bits per heavy atom. The number of nitrogen functional groups attached to an aromatic ring is 2. The van der Waals surface area contributed by atoms with E-state index in [1.165, 1.54) is 5.56 Å². The van der Waals surface area contributed by atoms with Crippen molar-refractivity contribution in [2.24, 2.45) is 0 Å². The molecule has 0 aromatic carbocycles. The van der Waals surface area contributed by atoms with Crippen molar-refractivity contribution in [3.8, 4) is 0 Å². The van der Waals surface area contributed by atoms with Crippen molar-refractivity contribution in [2.75, 3.05) is 11.5 Å². The Hall–Kier alpha value is -2.36. The Kier molecular flexibility index (Phi) is 7.09. The van der Waals surface area contributed by atoms with Gasteiger partial charge in [0.25, 0.3) is 0 Å². The minimum Gasteiger partial charge on any atom is -0.384 e. The molecule has 0 radical (unpaired) electrons. The van der Waals surface area contributed by atoms with Gasteiger partial charge in [-0.15, -0.1) is 0 Å². The summed E-state index contributed by atoms with van der Waals surface area (Å²) in [5.41, 5.74) is 15.5. The van der Waals surface area contributed by atoms with Crippen LogP contribution in [-0.4, -0.2) is 9.97 Å². The van der Waals surface area contributed by atoms with Crippen molar-refractivity contribution in [1.82, 2.24) is 9.97 Å². The molecule has 4 nitrogen and oxygen atoms in total. The van der Waals surface area contributed by atoms with Gasteiger partial charge in [-0.2, -0.15) is 0 Å². The fourth-order valence-corrected chi connectivity index (χ4v) is 2.13. The van der Waals surface area contributed by atoms with Crippen LogP contribution in [0.15, 0.2) is 30.3 Å². The lowest BCUT2D eigenvalue weighted by Gasteiger charge is -2.00. The number of aryl methyl sites for hydroxylation is 3. The highest BCUT2D eigenvalue weighted by Gasteiger charge is 1.95. The van der Waals surface area contributed by atoms with Gasteiger partial charge < -0.3 is 11.5 Å². The molecule has 4 heteroatoms. The molecule has 0 atom stereocenters. The summed E-state index contributed by atoms with van der Waals surface area (Å²) in [4.78, 5) is 8.32. The summed E-state index contributed by atoms with van der Waals surface area (Å²) in [6.07, 6.45) is 6.02. The van der Waals surface area contributed by atoms with Crippen LogP contribution in [0.25, 0.3) is 6.08 Å². The SMILES string of the molecule is C/C=C/c1cc(C)cc(N)n1.CCCc1cc(C)cc(N)n1. The summed E-state index contributed by atoms with van der Waals surface area (Å²) in [7, 11) is 0. The predicted octanol–water partition coefficient (Wildman–Crippen LogP) is 3.93. The summed E-state index contributed by atoms with van der Waals surface area (Å²) in [6, 6.07) is 7.82. The van der Waals surface area contributed by atoms with Gasteiger partial charge in [0, 0.05) is 5.69 Å². The van der Waals surface area contributed by atoms with Crippen LogP contribution in [0.1, 0.15) is 42.8 Å². The number of anilines is 2. The van der Waals surface area contributed by atoms with E-state index in [-0.39, 0.29) is 0 Å². The zero-order valence-corrected chi connectivity index (χ0v) is 13.9. The van der Waals surface area contributed by atoms with E-state index < -0.39 is 0 Å². The van der Waals surface area contributed by atoms with Gasteiger partial charge >= 0.3 is 0 Å². The Bertz CT molecular complexity index is 592. The molecular formula is C18H26N4. The van der Waals surface area contributed by atoms with E-state index in [0.29, 0.717) is 11.6 Å². The Morgan fingerprint density at radius 3 is 2.05 bits per heavy atom. The van der Waals surface area contributed by atoms with Crippen LogP contribution >= 0.6 is 0 Å². The third-order valence-electron chi connectivity index (χ3n) is 2.90. The molecule has 0 aliphatic carbocycles. The zero-order valence-electron chi connectivity index (χ0n) is 13.9. The fraction of sp³-hybridized carbons (Fsp3) is 0.333. The van der Waals surface area contributed by atoms with Crippen LogP contribution < -0.4 is 11.5 Å². The number of nitrogens with two attached hydrogens (primary N) is 2. The molecule has 0 fully saturated rings. The monoisotopic (exact) mass is 298 g/mol. The quantitative estimate of drug-likeness (QED) is 0.900. The van der Waals surface area contributed by atoms with Gasteiger partial charge in [-0.3, -0.25) is 0 Å². The summed E-state index contributed by atoms with van der Waals surface area (Å²) in [6.45, 7) is 8.14. The van der Waals surface area contributed by atoms with Crippen molar-refractivity contribution in [3.63, 3.8) is 0 Å². The van der Waals surface area contributed by atoms with Crippen LogP contribution in [-0.2, 0) is 6.42 Å². The maximum Gasteiger partial charge on any atom is 0.124 e. The van der Waals surface area contributed by atoms with Crippen LogP contribution in [0.5, 0.6) is 0 Å². The molecular weight excluding hydrogens is 272 g/mol. The van der Waals surface area contributed by atoms with Gasteiger partial charge in [0.05, 0.1) is 5.69 Å². The van der Waals surface area contributed by atoms with E-state index in [0.717, 1.165) is 29.8 Å². The predicted molar refractivity (Wildman–Crippen MR) is 95.5 cm³/mol. The zero-order chi connectivity index (χ0) is 16.5. The Labute approximate surface area is 133 Å². The molecule has 2 rings (SSSR count). The molecule has 4 N–H and O–H groups in total. The van der Waals surface area contributed by atoms with Gasteiger partial charge in [0.15, 0.2) is 0 Å². The number of pyridine rings is 2. The lowest BCUT2D eigenvalue weighted by atomic mass is 10.2. The first-order valence-corrected chi connectivity index (χ1v) is 7.54. The molecule has 0 aliphatic heterocycles. The number of aromatic nitrogens is 2. The summed E-state index contributed by atoms with van der Waals surface area (Å²) in [5, 5.41) is 0. The standard InChI is InChI=1S/C9H14N2.C9H12N2/c2*1-3-4-8-5-7(2)6-9(10)11-8/h5-6H,3-4H2,1-2H3,(H2,10,11);3-6H,1-2H3,(H2,10,11)/b;4-3+. The molecule has 0 amide bonds. The first-order valence-electron chi connectivity index (χ1n) is 7.54. The molecule has 118 valence electrons. The molecule has 0 saturated heterocycles. The highest BCUT2D eigenvalue weighted by atomic mass is 14.8. The van der Waals surface area contributed by atoms with Gasteiger partial charge in [-0.05, 0) is 68.7 Å². The topological polar surface area (TPSA) is 77.8 Å². The molecule has 0 unspecified atom stereocenters. The highest BCUT2D eigenvalue weighted by Crippen LogP contribution is 2.08. The lowest BCUT2D eigenvalue weighted by Crippen LogP contribution is -1.96. The molecule has 2 heterocycles. The second kappa shape index (κ2) is 8.82. The molecule has 0 saturated carbocycles. The van der Waals surface area contributed by atoms with Gasteiger partial charge in [0.1, 0.15) is 11.6 Å². The van der Waals surface area contributed by atoms with Crippen molar-refractivity contribution in [1.29, 1.82) is 0 Å². The minimum atomic E-state index is 0.582. The van der Waals surface area contributed by atoms with E-state index in [1.807, 2.05) is 51.1 Å². The summed E-state index contributed by atoms with van der Waals surface area (Å²) in [5.74, 6) is 1.21. The molecule has 2 aromatic heterocycles. The summed E-state index contributed by atoms with van der Waals surface area (Å²) < 4.78 is 0. The van der Waals surface area contributed by atoms with Crippen LogP contribution in [0.3, 0.4) is 0 Å². The molecule has 0 bridgehead atoms. The van der Waals surface area contributed by atoms with Crippen molar-refractivity contribution >= 4 is 17.7 Å². The molecule has 22 heavy (non-hydrogen) atoms. The minimum absolute atomic E-state index is 0.582. The first kappa shape index (κ1) is 17.7. The number of rotatable bonds is 3. The average Bonchev–Trinajstić information content (AvgIpc) is 2.37. The van der Waals surface area contributed by atoms with Crippen molar-refractivity contribution in [3.05, 3.63) is 52.9 Å². The van der Waals surface area contributed by atoms with Gasteiger partial charge in [0.2, 0.25) is 0 Å². The van der Waals surface area contributed by atoms with Crippen LogP contribution in [0, 0.1) is 13.8 Å². The van der Waals surface area contributed by atoms with E-state index >= 15 is 0 Å². The third kappa shape index (κ3) is 6.39. The summed E-state index contributed by atoms with van der Waals surface area (Å²) >= 11 is 0. The number of nitrogens with zero attached hydrogens (tertiary/aromatic N) is 2. The normalized spacial score (nSPS) is 10.4. The number of allylic oxidation sites excluding steroid dienone is 1. The van der Waals surface area contributed by atoms with E-state index in [1.54, 1.807) is 0 Å². The Morgan fingerprint density at radius 2 is 1.55 bits per heavy atom. The van der Waals surface area contributed by atoms with Crippen molar-refractivity contribution in [2.45, 2.75) is 40.5 Å². The Balaban J connectivity index is 0.000000220. The van der Waals surface area contributed by atoms with Crippen molar-refractivity contribution < 1.29 is 0 Å². The smallest absolute Gasteiger partial charge is 0.124 e. The number of hydrogen-bond acceptors (Lipinski definition) is 4. The highest BCUT2D eigenvalue weighted by molar-refractivity contribution is 5.49. The number of hydrogen-bond donors (Lipinski definition) is 2. The maximum absolute atomic E-state index is 5.58. The van der Waals surface area contributed by atoms with Crippen LogP contribution in [0.4, 0.5) is 11.6 Å². The first-order chi connectivity index (χ1) is 10.4. The van der Waals surface area contributed by atoms with E-state index in [9.17, 15) is 0 Å². The average molecular weight is 298 g/mol. The maximum atomic E-state index is 5.58. The molecule has 0 spiro atoms. The van der Waals surface area contributed by atoms with Gasteiger partial charge in [-0.25, -0.2) is 9.97 Å². The molecule has 0 aliphatic rings. The van der Waals surface area contributed by atoms with Gasteiger partial charge in [-0.1, -0.05) is 19.4 Å². The third-order valence-corrected chi connectivity index (χ3v) is 2.90.